The van der Waals surface area contributed by atoms with E-state index in [-0.39, 0.29) is 5.92 Å². The summed E-state index contributed by atoms with van der Waals surface area (Å²) in [7, 11) is 2.11. The SMILES string of the molecule is CN1CCC[C@H](C(=O)O)[C@H]1C1CCCCC1. The number of piperidine rings is 1. The fraction of sp³-hybridized carbons (Fsp3) is 0.923. The average molecular weight is 225 g/mol. The van der Waals surface area contributed by atoms with Gasteiger partial charge >= 0.3 is 5.97 Å². The molecule has 1 saturated heterocycles. The van der Waals surface area contributed by atoms with Gasteiger partial charge < -0.3 is 10.0 Å². The first-order valence-electron chi connectivity index (χ1n) is 6.63. The molecule has 0 unspecified atom stereocenters. The van der Waals surface area contributed by atoms with Gasteiger partial charge in [-0.05, 0) is 45.2 Å². The van der Waals surface area contributed by atoms with Crippen LogP contribution in [0.5, 0.6) is 0 Å². The number of carboxylic acid groups (broad SMARTS) is 1. The molecule has 0 amide bonds. The Morgan fingerprint density at radius 3 is 2.44 bits per heavy atom. The quantitative estimate of drug-likeness (QED) is 0.784. The number of aliphatic carboxylic acids is 1. The van der Waals surface area contributed by atoms with Crippen LogP contribution in [0.2, 0.25) is 0 Å². The molecular formula is C13H23NO2. The predicted octanol–water partition coefficient (Wildman–Crippen LogP) is 2.36. The molecule has 16 heavy (non-hydrogen) atoms. The predicted molar refractivity (Wildman–Crippen MR) is 63.4 cm³/mol. The first-order chi connectivity index (χ1) is 7.70. The molecule has 1 aliphatic carbocycles. The molecule has 1 heterocycles. The van der Waals surface area contributed by atoms with Crippen LogP contribution in [0.15, 0.2) is 0 Å². The summed E-state index contributed by atoms with van der Waals surface area (Å²) in [4.78, 5) is 13.6. The molecule has 3 heteroatoms. The first kappa shape index (κ1) is 11.9. The standard InChI is InChI=1S/C13H23NO2/c1-14-9-5-8-11(13(15)16)12(14)10-6-3-2-4-7-10/h10-12H,2-9H2,1H3,(H,15,16)/t11-,12+/m0/s1. The summed E-state index contributed by atoms with van der Waals surface area (Å²) in [5, 5.41) is 9.33. The number of carbonyl (C=O) groups is 1. The Labute approximate surface area is 97.8 Å². The van der Waals surface area contributed by atoms with E-state index in [0.717, 1.165) is 19.4 Å². The Morgan fingerprint density at radius 1 is 1.12 bits per heavy atom. The van der Waals surface area contributed by atoms with E-state index in [1.54, 1.807) is 0 Å². The molecule has 0 aromatic rings. The lowest BCUT2D eigenvalue weighted by Crippen LogP contribution is -2.50. The molecule has 0 radical (unpaired) electrons. The average Bonchev–Trinajstić information content (AvgIpc) is 2.29. The van der Waals surface area contributed by atoms with E-state index in [1.807, 2.05) is 0 Å². The van der Waals surface area contributed by atoms with Crippen LogP contribution >= 0.6 is 0 Å². The van der Waals surface area contributed by atoms with Crippen LogP contribution in [0.4, 0.5) is 0 Å². The summed E-state index contributed by atoms with van der Waals surface area (Å²) in [6.07, 6.45) is 8.31. The number of nitrogens with zero attached hydrogens (tertiary/aromatic N) is 1. The van der Waals surface area contributed by atoms with Crippen LogP contribution in [0, 0.1) is 11.8 Å². The van der Waals surface area contributed by atoms with Crippen molar-refractivity contribution in [1.82, 2.24) is 4.90 Å². The van der Waals surface area contributed by atoms with Crippen molar-refractivity contribution in [2.45, 2.75) is 51.0 Å². The highest BCUT2D eigenvalue weighted by Gasteiger charge is 2.39. The van der Waals surface area contributed by atoms with Gasteiger partial charge in [0.2, 0.25) is 0 Å². The summed E-state index contributed by atoms with van der Waals surface area (Å²) in [5.74, 6) is -0.0795. The zero-order valence-corrected chi connectivity index (χ0v) is 10.2. The second-order valence-corrected chi connectivity index (χ2v) is 5.46. The first-order valence-corrected chi connectivity index (χ1v) is 6.63. The van der Waals surface area contributed by atoms with Gasteiger partial charge in [0.05, 0.1) is 5.92 Å². The van der Waals surface area contributed by atoms with Gasteiger partial charge in [-0.1, -0.05) is 19.3 Å². The highest BCUT2D eigenvalue weighted by atomic mass is 16.4. The van der Waals surface area contributed by atoms with E-state index in [4.69, 9.17) is 0 Å². The monoisotopic (exact) mass is 225 g/mol. The molecule has 1 N–H and O–H groups in total. The van der Waals surface area contributed by atoms with Crippen molar-refractivity contribution in [1.29, 1.82) is 0 Å². The maximum Gasteiger partial charge on any atom is 0.308 e. The van der Waals surface area contributed by atoms with Crippen LogP contribution in [-0.4, -0.2) is 35.6 Å². The van der Waals surface area contributed by atoms with Gasteiger partial charge in [-0.2, -0.15) is 0 Å². The van der Waals surface area contributed by atoms with Crippen molar-refractivity contribution >= 4 is 5.97 Å². The Balaban J connectivity index is 2.08. The highest BCUT2D eigenvalue weighted by molar-refractivity contribution is 5.71. The maximum absolute atomic E-state index is 11.3. The smallest absolute Gasteiger partial charge is 0.308 e. The summed E-state index contributed by atoms with van der Waals surface area (Å²) in [6.45, 7) is 1.07. The number of rotatable bonds is 2. The van der Waals surface area contributed by atoms with Crippen LogP contribution < -0.4 is 0 Å². The largest absolute Gasteiger partial charge is 0.481 e. The van der Waals surface area contributed by atoms with Crippen molar-refractivity contribution in [2.24, 2.45) is 11.8 Å². The fourth-order valence-electron chi connectivity index (χ4n) is 3.62. The Kier molecular flexibility index (Phi) is 3.85. The molecule has 0 aromatic heterocycles. The van der Waals surface area contributed by atoms with E-state index < -0.39 is 5.97 Å². The molecular weight excluding hydrogens is 202 g/mol. The number of likely N-dealkylation sites (tertiary alicyclic amines) is 1. The normalized spacial score (nSPS) is 33.8. The number of carboxylic acids is 1. The van der Waals surface area contributed by atoms with Gasteiger partial charge in [-0.15, -0.1) is 0 Å². The molecule has 92 valence electrons. The Bertz CT molecular complexity index is 248. The van der Waals surface area contributed by atoms with Gasteiger partial charge in [0.25, 0.3) is 0 Å². The minimum Gasteiger partial charge on any atom is -0.481 e. The second-order valence-electron chi connectivity index (χ2n) is 5.46. The third-order valence-corrected chi connectivity index (χ3v) is 4.40. The molecule has 2 aliphatic rings. The van der Waals surface area contributed by atoms with Gasteiger partial charge in [0.1, 0.15) is 0 Å². The lowest BCUT2D eigenvalue weighted by Gasteiger charge is -2.43. The lowest BCUT2D eigenvalue weighted by molar-refractivity contribution is -0.147. The molecule has 3 nitrogen and oxygen atoms in total. The van der Waals surface area contributed by atoms with Gasteiger partial charge in [0, 0.05) is 6.04 Å². The van der Waals surface area contributed by atoms with Crippen molar-refractivity contribution in [3.05, 3.63) is 0 Å². The van der Waals surface area contributed by atoms with Gasteiger partial charge in [0.15, 0.2) is 0 Å². The summed E-state index contributed by atoms with van der Waals surface area (Å²) >= 11 is 0. The van der Waals surface area contributed by atoms with E-state index in [0.29, 0.717) is 12.0 Å². The molecule has 2 rings (SSSR count). The lowest BCUT2D eigenvalue weighted by atomic mass is 9.75. The van der Waals surface area contributed by atoms with E-state index in [2.05, 4.69) is 11.9 Å². The Morgan fingerprint density at radius 2 is 1.81 bits per heavy atom. The molecule has 1 aliphatic heterocycles. The van der Waals surface area contributed by atoms with Crippen molar-refractivity contribution in [3.8, 4) is 0 Å². The zero-order valence-electron chi connectivity index (χ0n) is 10.2. The highest BCUT2D eigenvalue weighted by Crippen LogP contribution is 2.36. The zero-order chi connectivity index (χ0) is 11.5. The summed E-state index contributed by atoms with van der Waals surface area (Å²) in [5.41, 5.74) is 0. The van der Waals surface area contributed by atoms with Crippen LogP contribution in [0.1, 0.15) is 44.9 Å². The minimum absolute atomic E-state index is 0.123. The van der Waals surface area contributed by atoms with Crippen molar-refractivity contribution < 1.29 is 9.90 Å². The summed E-state index contributed by atoms with van der Waals surface area (Å²) < 4.78 is 0. The third kappa shape index (κ3) is 2.40. The van der Waals surface area contributed by atoms with Crippen LogP contribution in [0.3, 0.4) is 0 Å². The molecule has 0 spiro atoms. The van der Waals surface area contributed by atoms with Gasteiger partial charge in [-0.3, -0.25) is 4.79 Å². The Hall–Kier alpha value is -0.570. The third-order valence-electron chi connectivity index (χ3n) is 4.40. The van der Waals surface area contributed by atoms with Gasteiger partial charge in [-0.25, -0.2) is 0 Å². The van der Waals surface area contributed by atoms with Crippen molar-refractivity contribution in [3.63, 3.8) is 0 Å². The molecule has 2 atom stereocenters. The van der Waals surface area contributed by atoms with E-state index >= 15 is 0 Å². The molecule has 2 fully saturated rings. The number of hydrogen-bond acceptors (Lipinski definition) is 2. The van der Waals surface area contributed by atoms with Crippen LogP contribution in [0.25, 0.3) is 0 Å². The topological polar surface area (TPSA) is 40.5 Å². The molecule has 0 bridgehead atoms. The van der Waals surface area contributed by atoms with Crippen molar-refractivity contribution in [2.75, 3.05) is 13.6 Å². The summed E-state index contributed by atoms with van der Waals surface area (Å²) in [6, 6.07) is 0.298. The van der Waals surface area contributed by atoms with E-state index in [1.165, 1.54) is 32.1 Å². The maximum atomic E-state index is 11.3. The second kappa shape index (κ2) is 5.17. The molecule has 0 aromatic carbocycles. The van der Waals surface area contributed by atoms with Crippen LogP contribution in [-0.2, 0) is 4.79 Å². The minimum atomic E-state index is -0.581. The van der Waals surface area contributed by atoms with E-state index in [9.17, 15) is 9.90 Å². The fourth-order valence-corrected chi connectivity index (χ4v) is 3.62. The molecule has 1 saturated carbocycles. The number of hydrogen-bond donors (Lipinski definition) is 1.